The second-order valence-electron chi connectivity index (χ2n) is 3.67. The Kier molecular flexibility index (Phi) is 3.38. The zero-order valence-corrected chi connectivity index (χ0v) is 9.98. The molecule has 2 aromatic rings. The monoisotopic (exact) mass is 259 g/mol. The molecule has 0 fully saturated rings. The Morgan fingerprint density at radius 1 is 1.53 bits per heavy atom. The first kappa shape index (κ1) is 12.5. The molecular formula is C11H9N5O3. The van der Waals surface area contributed by atoms with Crippen molar-refractivity contribution in [3.63, 3.8) is 0 Å². The zero-order valence-electron chi connectivity index (χ0n) is 9.98. The summed E-state index contributed by atoms with van der Waals surface area (Å²) in [5, 5.41) is 23.3. The molecule has 2 rings (SSSR count). The number of ether oxygens (including phenoxy) is 1. The molecule has 0 saturated heterocycles. The van der Waals surface area contributed by atoms with Gasteiger partial charge in [-0.25, -0.2) is 9.67 Å². The molecule has 0 N–H and O–H groups in total. The van der Waals surface area contributed by atoms with Gasteiger partial charge in [0.15, 0.2) is 0 Å². The molecule has 0 unspecified atom stereocenters. The highest BCUT2D eigenvalue weighted by molar-refractivity contribution is 5.42. The van der Waals surface area contributed by atoms with Gasteiger partial charge in [0.25, 0.3) is 11.5 Å². The van der Waals surface area contributed by atoms with Crippen molar-refractivity contribution in [2.24, 2.45) is 0 Å². The van der Waals surface area contributed by atoms with Gasteiger partial charge in [-0.05, 0) is 11.6 Å². The summed E-state index contributed by atoms with van der Waals surface area (Å²) in [6.45, 7) is 0.271. The minimum absolute atomic E-state index is 0.0531. The zero-order chi connectivity index (χ0) is 13.8. The second-order valence-corrected chi connectivity index (χ2v) is 3.67. The molecule has 0 amide bonds. The van der Waals surface area contributed by atoms with Crippen molar-refractivity contribution in [2.45, 2.75) is 6.54 Å². The maximum Gasteiger partial charge on any atom is 0.273 e. The van der Waals surface area contributed by atoms with E-state index in [1.807, 2.05) is 6.07 Å². The van der Waals surface area contributed by atoms with Crippen molar-refractivity contribution >= 4 is 5.69 Å². The van der Waals surface area contributed by atoms with E-state index in [2.05, 4.69) is 10.1 Å². The van der Waals surface area contributed by atoms with E-state index in [4.69, 9.17) is 10.00 Å². The minimum Gasteiger partial charge on any atom is -0.496 e. The number of nitro benzene ring substituents is 1. The van der Waals surface area contributed by atoms with Gasteiger partial charge in [-0.3, -0.25) is 10.1 Å². The van der Waals surface area contributed by atoms with E-state index >= 15 is 0 Å². The van der Waals surface area contributed by atoms with Crippen LogP contribution in [0.1, 0.15) is 11.4 Å². The highest BCUT2D eigenvalue weighted by atomic mass is 16.6. The molecule has 1 aromatic carbocycles. The van der Waals surface area contributed by atoms with E-state index < -0.39 is 4.92 Å². The number of nitrogens with zero attached hydrogens (tertiary/aromatic N) is 5. The lowest BCUT2D eigenvalue weighted by atomic mass is 10.2. The molecule has 19 heavy (non-hydrogen) atoms. The molecule has 96 valence electrons. The van der Waals surface area contributed by atoms with Gasteiger partial charge < -0.3 is 4.74 Å². The topological polar surface area (TPSA) is 107 Å². The maximum absolute atomic E-state index is 10.8. The minimum atomic E-state index is -0.492. The van der Waals surface area contributed by atoms with Crippen LogP contribution in [0.5, 0.6) is 5.75 Å². The number of benzene rings is 1. The van der Waals surface area contributed by atoms with Crippen LogP contribution < -0.4 is 4.74 Å². The van der Waals surface area contributed by atoms with Crippen molar-refractivity contribution in [3.05, 3.63) is 46.0 Å². The number of methoxy groups -OCH3 is 1. The van der Waals surface area contributed by atoms with E-state index in [1.54, 1.807) is 6.07 Å². The first-order valence-corrected chi connectivity index (χ1v) is 5.24. The Morgan fingerprint density at radius 3 is 2.89 bits per heavy atom. The van der Waals surface area contributed by atoms with Gasteiger partial charge in [0.05, 0.1) is 24.6 Å². The largest absolute Gasteiger partial charge is 0.496 e. The first-order chi connectivity index (χ1) is 9.12. The van der Waals surface area contributed by atoms with E-state index in [0.717, 1.165) is 0 Å². The second kappa shape index (κ2) is 5.14. The lowest BCUT2D eigenvalue weighted by Crippen LogP contribution is -2.02. The lowest BCUT2D eigenvalue weighted by molar-refractivity contribution is -0.385. The number of hydrogen-bond acceptors (Lipinski definition) is 6. The predicted molar refractivity (Wildman–Crippen MR) is 63.5 cm³/mol. The number of nitro groups is 1. The van der Waals surface area contributed by atoms with Gasteiger partial charge in [0.2, 0.25) is 0 Å². The SMILES string of the molecule is COc1cc(Cn2cnc(C#N)n2)cc([N+](=O)[O-])c1. The third-order valence-electron chi connectivity index (χ3n) is 2.38. The molecule has 0 aliphatic rings. The Bertz CT molecular complexity index is 659. The molecule has 0 aliphatic heterocycles. The summed E-state index contributed by atoms with van der Waals surface area (Å²) in [6, 6.07) is 6.24. The average molecular weight is 259 g/mol. The van der Waals surface area contributed by atoms with Crippen LogP contribution in [0.4, 0.5) is 5.69 Å². The summed E-state index contributed by atoms with van der Waals surface area (Å²) in [6.07, 6.45) is 1.39. The molecule has 8 nitrogen and oxygen atoms in total. The molecule has 0 spiro atoms. The Morgan fingerprint density at radius 2 is 2.32 bits per heavy atom. The maximum atomic E-state index is 10.8. The van der Waals surface area contributed by atoms with Crippen LogP contribution in [0.3, 0.4) is 0 Å². The van der Waals surface area contributed by atoms with Crippen molar-refractivity contribution in [2.75, 3.05) is 7.11 Å². The number of rotatable bonds is 4. The standard InChI is InChI=1S/C11H9N5O3/c1-19-10-3-8(2-9(4-10)16(17)18)6-15-7-13-11(5-12)14-15/h2-4,7H,6H2,1H3. The Hall–Kier alpha value is -2.95. The van der Waals surface area contributed by atoms with Crippen LogP contribution in [0.15, 0.2) is 24.5 Å². The molecule has 0 radical (unpaired) electrons. The number of hydrogen-bond donors (Lipinski definition) is 0. The highest BCUT2D eigenvalue weighted by Gasteiger charge is 2.11. The first-order valence-electron chi connectivity index (χ1n) is 5.24. The number of nitriles is 1. The smallest absolute Gasteiger partial charge is 0.273 e. The van der Waals surface area contributed by atoms with Gasteiger partial charge in [0, 0.05) is 6.07 Å². The predicted octanol–water partition coefficient (Wildman–Crippen LogP) is 1.11. The Balaban J connectivity index is 2.31. The van der Waals surface area contributed by atoms with E-state index in [0.29, 0.717) is 11.3 Å². The fraction of sp³-hybridized carbons (Fsp3) is 0.182. The number of aromatic nitrogens is 3. The summed E-state index contributed by atoms with van der Waals surface area (Å²) < 4.78 is 6.44. The summed E-state index contributed by atoms with van der Waals surface area (Å²) in [5.74, 6) is 0.446. The Labute approximate surface area is 108 Å². The molecule has 0 atom stereocenters. The van der Waals surface area contributed by atoms with Crippen LogP contribution in [0.2, 0.25) is 0 Å². The third-order valence-corrected chi connectivity index (χ3v) is 2.38. The van der Waals surface area contributed by atoms with E-state index in [-0.39, 0.29) is 18.1 Å². The van der Waals surface area contributed by atoms with Crippen molar-refractivity contribution < 1.29 is 9.66 Å². The molecule has 1 heterocycles. The van der Waals surface area contributed by atoms with Gasteiger partial charge in [-0.1, -0.05) is 0 Å². The van der Waals surface area contributed by atoms with E-state index in [9.17, 15) is 10.1 Å². The van der Waals surface area contributed by atoms with Gasteiger partial charge in [-0.2, -0.15) is 5.26 Å². The van der Waals surface area contributed by atoms with Crippen LogP contribution >= 0.6 is 0 Å². The summed E-state index contributed by atoms with van der Waals surface area (Å²) >= 11 is 0. The molecular weight excluding hydrogens is 250 g/mol. The van der Waals surface area contributed by atoms with Crippen molar-refractivity contribution in [3.8, 4) is 11.8 Å². The van der Waals surface area contributed by atoms with E-state index in [1.165, 1.54) is 30.3 Å². The molecule has 0 aliphatic carbocycles. The quantitative estimate of drug-likeness (QED) is 0.601. The summed E-state index contributed by atoms with van der Waals surface area (Å²) in [7, 11) is 1.44. The van der Waals surface area contributed by atoms with Gasteiger partial charge in [-0.15, -0.1) is 5.10 Å². The van der Waals surface area contributed by atoms with Gasteiger partial charge in [0.1, 0.15) is 18.1 Å². The fourth-order valence-corrected chi connectivity index (χ4v) is 1.57. The van der Waals surface area contributed by atoms with Gasteiger partial charge >= 0.3 is 0 Å². The van der Waals surface area contributed by atoms with Crippen LogP contribution in [0.25, 0.3) is 0 Å². The molecule has 1 aromatic heterocycles. The lowest BCUT2D eigenvalue weighted by Gasteiger charge is -2.05. The fourth-order valence-electron chi connectivity index (χ4n) is 1.57. The normalized spacial score (nSPS) is 9.89. The highest BCUT2D eigenvalue weighted by Crippen LogP contribution is 2.22. The molecule has 0 saturated carbocycles. The van der Waals surface area contributed by atoms with Crippen LogP contribution in [0, 0.1) is 21.4 Å². The third kappa shape index (κ3) is 2.84. The molecule has 0 bridgehead atoms. The number of non-ortho nitro benzene ring substituents is 1. The van der Waals surface area contributed by atoms with Crippen LogP contribution in [-0.4, -0.2) is 26.8 Å². The average Bonchev–Trinajstić information content (AvgIpc) is 2.85. The van der Waals surface area contributed by atoms with Crippen LogP contribution in [-0.2, 0) is 6.54 Å². The van der Waals surface area contributed by atoms with Crippen molar-refractivity contribution in [1.82, 2.24) is 14.8 Å². The summed E-state index contributed by atoms with van der Waals surface area (Å²) in [4.78, 5) is 14.1. The summed E-state index contributed by atoms with van der Waals surface area (Å²) in [5.41, 5.74) is 0.579. The molecule has 8 heteroatoms. The van der Waals surface area contributed by atoms with Crippen molar-refractivity contribution in [1.29, 1.82) is 5.26 Å².